The molecule has 0 aromatic carbocycles. The number of Topliss-reactive ketones (excluding diaryl/α,β-unsaturated/α-hetero) is 1. The SMILES string of the molecule is CCCCCCCCC(C=O)C(C)=O. The lowest BCUT2D eigenvalue weighted by Gasteiger charge is -2.05. The molecule has 0 aliphatic carbocycles. The number of carbonyl (C=O) groups excluding carboxylic acids is 2. The maximum Gasteiger partial charge on any atom is 0.139 e. The molecule has 0 aromatic heterocycles. The Morgan fingerprint density at radius 3 is 2.21 bits per heavy atom. The molecule has 82 valence electrons. The molecule has 0 fully saturated rings. The molecule has 0 saturated carbocycles. The number of ketones is 1. The number of aldehydes is 1. The summed E-state index contributed by atoms with van der Waals surface area (Å²) in [4.78, 5) is 21.4. The molecule has 0 heterocycles. The van der Waals surface area contributed by atoms with Gasteiger partial charge in [-0.25, -0.2) is 0 Å². The van der Waals surface area contributed by atoms with E-state index in [1.807, 2.05) is 0 Å². The van der Waals surface area contributed by atoms with Crippen molar-refractivity contribution in [1.29, 1.82) is 0 Å². The summed E-state index contributed by atoms with van der Waals surface area (Å²) in [7, 11) is 0. The van der Waals surface area contributed by atoms with E-state index in [-0.39, 0.29) is 11.7 Å². The van der Waals surface area contributed by atoms with Gasteiger partial charge in [0, 0.05) is 0 Å². The van der Waals surface area contributed by atoms with E-state index in [4.69, 9.17) is 0 Å². The Bertz CT molecular complexity index is 164. The highest BCUT2D eigenvalue weighted by molar-refractivity contribution is 5.91. The van der Waals surface area contributed by atoms with E-state index in [1.54, 1.807) is 0 Å². The number of hydrogen-bond acceptors (Lipinski definition) is 2. The molecule has 14 heavy (non-hydrogen) atoms. The minimum Gasteiger partial charge on any atom is -0.303 e. The van der Waals surface area contributed by atoms with Gasteiger partial charge in [0.2, 0.25) is 0 Å². The number of carbonyl (C=O) groups is 2. The molecule has 0 aromatic rings. The molecule has 0 rings (SSSR count). The first-order valence-electron chi connectivity index (χ1n) is 5.68. The van der Waals surface area contributed by atoms with Crippen molar-refractivity contribution in [3.8, 4) is 0 Å². The maximum absolute atomic E-state index is 10.9. The van der Waals surface area contributed by atoms with Crippen LogP contribution in [-0.4, -0.2) is 12.1 Å². The van der Waals surface area contributed by atoms with Gasteiger partial charge in [-0.15, -0.1) is 0 Å². The first kappa shape index (κ1) is 13.3. The molecule has 2 heteroatoms. The number of rotatable bonds is 9. The molecule has 1 atom stereocenters. The maximum atomic E-state index is 10.9. The van der Waals surface area contributed by atoms with Crippen LogP contribution in [0.1, 0.15) is 58.8 Å². The third-order valence-electron chi connectivity index (χ3n) is 2.56. The van der Waals surface area contributed by atoms with Crippen LogP contribution >= 0.6 is 0 Å². The Labute approximate surface area is 87.1 Å². The quantitative estimate of drug-likeness (QED) is 0.324. The molecule has 0 amide bonds. The highest BCUT2D eigenvalue weighted by atomic mass is 16.1. The lowest BCUT2D eigenvalue weighted by Crippen LogP contribution is -2.11. The van der Waals surface area contributed by atoms with E-state index in [0.29, 0.717) is 0 Å². The molecule has 0 aliphatic rings. The zero-order valence-electron chi connectivity index (χ0n) is 9.42. The Hall–Kier alpha value is -0.660. The van der Waals surface area contributed by atoms with Gasteiger partial charge in [0.25, 0.3) is 0 Å². The van der Waals surface area contributed by atoms with Crippen LogP contribution < -0.4 is 0 Å². The van der Waals surface area contributed by atoms with E-state index in [1.165, 1.54) is 32.6 Å². The molecule has 0 saturated heterocycles. The Morgan fingerprint density at radius 2 is 1.71 bits per heavy atom. The lowest BCUT2D eigenvalue weighted by atomic mass is 9.98. The van der Waals surface area contributed by atoms with E-state index < -0.39 is 0 Å². The first-order chi connectivity index (χ1) is 6.72. The summed E-state index contributed by atoms with van der Waals surface area (Å²) in [5.74, 6) is -0.338. The smallest absolute Gasteiger partial charge is 0.139 e. The summed E-state index contributed by atoms with van der Waals surface area (Å²) < 4.78 is 0. The molecular weight excluding hydrogens is 176 g/mol. The van der Waals surface area contributed by atoms with Crippen LogP contribution in [0.5, 0.6) is 0 Å². The number of hydrogen-bond donors (Lipinski definition) is 0. The van der Waals surface area contributed by atoms with E-state index in [9.17, 15) is 9.59 Å². The Morgan fingerprint density at radius 1 is 1.14 bits per heavy atom. The largest absolute Gasteiger partial charge is 0.303 e. The predicted octanol–water partition coefficient (Wildman–Crippen LogP) is 3.14. The van der Waals surface area contributed by atoms with Crippen LogP contribution in [0.15, 0.2) is 0 Å². The van der Waals surface area contributed by atoms with Gasteiger partial charge in [0.1, 0.15) is 12.1 Å². The highest BCUT2D eigenvalue weighted by Crippen LogP contribution is 2.11. The summed E-state index contributed by atoms with van der Waals surface area (Å²) in [5, 5.41) is 0. The zero-order valence-corrected chi connectivity index (χ0v) is 9.42. The summed E-state index contributed by atoms with van der Waals surface area (Å²) in [6.45, 7) is 3.69. The van der Waals surface area contributed by atoms with E-state index in [0.717, 1.165) is 25.5 Å². The molecule has 0 bridgehead atoms. The summed E-state index contributed by atoms with van der Waals surface area (Å²) in [6.07, 6.45) is 8.75. The van der Waals surface area contributed by atoms with Gasteiger partial charge in [-0.2, -0.15) is 0 Å². The lowest BCUT2D eigenvalue weighted by molar-refractivity contribution is -0.125. The molecule has 0 radical (unpaired) electrons. The fraction of sp³-hybridized carbons (Fsp3) is 0.833. The topological polar surface area (TPSA) is 34.1 Å². The third kappa shape index (κ3) is 6.81. The van der Waals surface area contributed by atoms with Crippen molar-refractivity contribution in [2.45, 2.75) is 58.8 Å². The Kier molecular flexibility index (Phi) is 8.50. The molecule has 0 N–H and O–H groups in total. The zero-order chi connectivity index (χ0) is 10.8. The minimum absolute atomic E-state index is 0.00792. The van der Waals surface area contributed by atoms with Crippen molar-refractivity contribution >= 4 is 12.1 Å². The number of unbranched alkanes of at least 4 members (excludes halogenated alkanes) is 5. The van der Waals surface area contributed by atoms with Crippen molar-refractivity contribution in [3.63, 3.8) is 0 Å². The predicted molar refractivity (Wildman–Crippen MR) is 58.2 cm³/mol. The van der Waals surface area contributed by atoms with Crippen LogP contribution in [0, 0.1) is 5.92 Å². The average molecular weight is 198 g/mol. The van der Waals surface area contributed by atoms with E-state index in [2.05, 4.69) is 6.92 Å². The van der Waals surface area contributed by atoms with Crippen molar-refractivity contribution < 1.29 is 9.59 Å². The van der Waals surface area contributed by atoms with Crippen LogP contribution in [-0.2, 0) is 9.59 Å². The first-order valence-corrected chi connectivity index (χ1v) is 5.68. The van der Waals surface area contributed by atoms with Gasteiger partial charge in [-0.3, -0.25) is 4.79 Å². The normalized spacial score (nSPS) is 12.4. The second-order valence-electron chi connectivity index (χ2n) is 3.91. The molecule has 2 nitrogen and oxygen atoms in total. The van der Waals surface area contributed by atoms with Gasteiger partial charge < -0.3 is 4.79 Å². The molecular formula is C12H22O2. The average Bonchev–Trinajstić information content (AvgIpc) is 2.16. The second kappa shape index (κ2) is 8.92. The van der Waals surface area contributed by atoms with Crippen molar-refractivity contribution in [2.75, 3.05) is 0 Å². The van der Waals surface area contributed by atoms with E-state index >= 15 is 0 Å². The Balaban J connectivity index is 3.33. The fourth-order valence-corrected chi connectivity index (χ4v) is 1.51. The van der Waals surface area contributed by atoms with Crippen molar-refractivity contribution in [2.24, 2.45) is 5.92 Å². The van der Waals surface area contributed by atoms with Gasteiger partial charge in [-0.05, 0) is 13.3 Å². The summed E-state index contributed by atoms with van der Waals surface area (Å²) in [6, 6.07) is 0. The standard InChI is InChI=1S/C12H22O2/c1-3-4-5-6-7-8-9-12(10-13)11(2)14/h10,12H,3-9H2,1-2H3. The highest BCUT2D eigenvalue weighted by Gasteiger charge is 2.11. The van der Waals surface area contributed by atoms with Crippen LogP contribution in [0.3, 0.4) is 0 Å². The van der Waals surface area contributed by atoms with Crippen molar-refractivity contribution in [3.05, 3.63) is 0 Å². The van der Waals surface area contributed by atoms with Gasteiger partial charge in [0.15, 0.2) is 0 Å². The summed E-state index contributed by atoms with van der Waals surface area (Å²) in [5.41, 5.74) is 0. The van der Waals surface area contributed by atoms with Crippen molar-refractivity contribution in [1.82, 2.24) is 0 Å². The third-order valence-corrected chi connectivity index (χ3v) is 2.56. The molecule has 0 aliphatic heterocycles. The molecule has 1 unspecified atom stereocenters. The van der Waals surface area contributed by atoms with Gasteiger partial charge in [-0.1, -0.05) is 45.4 Å². The van der Waals surface area contributed by atoms with Crippen LogP contribution in [0.4, 0.5) is 0 Å². The van der Waals surface area contributed by atoms with Gasteiger partial charge in [0.05, 0.1) is 5.92 Å². The van der Waals surface area contributed by atoms with Crippen LogP contribution in [0.2, 0.25) is 0 Å². The summed E-state index contributed by atoms with van der Waals surface area (Å²) >= 11 is 0. The second-order valence-corrected chi connectivity index (χ2v) is 3.91. The minimum atomic E-state index is -0.346. The van der Waals surface area contributed by atoms with Gasteiger partial charge >= 0.3 is 0 Å². The monoisotopic (exact) mass is 198 g/mol. The fourth-order valence-electron chi connectivity index (χ4n) is 1.51. The molecule has 0 spiro atoms. The van der Waals surface area contributed by atoms with Crippen LogP contribution in [0.25, 0.3) is 0 Å².